The Labute approximate surface area is 97.3 Å². The first kappa shape index (κ1) is 11.4. The quantitative estimate of drug-likeness (QED) is 0.818. The van der Waals surface area contributed by atoms with Gasteiger partial charge in [-0.2, -0.15) is 0 Å². The Morgan fingerprint density at radius 1 is 1.06 bits per heavy atom. The van der Waals surface area contributed by atoms with Gasteiger partial charge in [-0.1, -0.05) is 12.1 Å². The molecule has 1 aliphatic heterocycles. The molecule has 0 saturated carbocycles. The predicted molar refractivity (Wildman–Crippen MR) is 66.8 cm³/mol. The first-order chi connectivity index (χ1) is 7.66. The molecule has 0 aliphatic carbocycles. The average Bonchev–Trinajstić information content (AvgIpc) is 2.30. The molecule has 1 aromatic carbocycles. The lowest BCUT2D eigenvalue weighted by Crippen LogP contribution is -2.44. The second-order valence-electron chi connectivity index (χ2n) is 4.56. The molecule has 1 heterocycles. The fraction of sp³-hybridized carbons (Fsp3) is 0.538. The summed E-state index contributed by atoms with van der Waals surface area (Å²) >= 11 is 0. The number of nitrogens with zero attached hydrogens (tertiary/aromatic N) is 2. The van der Waals surface area contributed by atoms with Crippen LogP contribution in [0.4, 0.5) is 5.69 Å². The van der Waals surface area contributed by atoms with Crippen LogP contribution in [0.5, 0.6) is 0 Å². The van der Waals surface area contributed by atoms with Crippen molar-refractivity contribution in [1.29, 1.82) is 0 Å². The summed E-state index contributed by atoms with van der Waals surface area (Å²) in [5.41, 5.74) is 2.25. The number of benzene rings is 1. The first-order valence-corrected chi connectivity index (χ1v) is 5.88. The van der Waals surface area contributed by atoms with Crippen molar-refractivity contribution in [1.82, 2.24) is 4.90 Å². The fourth-order valence-corrected chi connectivity index (χ4v) is 2.03. The van der Waals surface area contributed by atoms with Crippen LogP contribution in [0.2, 0.25) is 0 Å². The molecule has 0 amide bonds. The molecule has 0 aromatic heterocycles. The fourth-order valence-electron chi connectivity index (χ4n) is 2.03. The number of anilines is 1. The summed E-state index contributed by atoms with van der Waals surface area (Å²) in [4.78, 5) is 4.74. The van der Waals surface area contributed by atoms with Gasteiger partial charge < -0.3 is 14.9 Å². The van der Waals surface area contributed by atoms with Gasteiger partial charge in [0.15, 0.2) is 0 Å². The molecule has 0 spiro atoms. The lowest BCUT2D eigenvalue weighted by atomic mass is 10.1. The zero-order valence-corrected chi connectivity index (χ0v) is 10.1. The SMILES string of the molecule is C[C@H](O)c1ccc(N2CCN(C)CC2)cc1. The van der Waals surface area contributed by atoms with Crippen molar-refractivity contribution >= 4 is 5.69 Å². The lowest BCUT2D eigenvalue weighted by molar-refractivity contribution is 0.199. The molecular weight excluding hydrogens is 200 g/mol. The van der Waals surface area contributed by atoms with E-state index in [1.54, 1.807) is 6.92 Å². The highest BCUT2D eigenvalue weighted by atomic mass is 16.3. The Bertz CT molecular complexity index is 326. The van der Waals surface area contributed by atoms with Crippen molar-refractivity contribution in [2.75, 3.05) is 38.1 Å². The molecule has 1 aliphatic rings. The van der Waals surface area contributed by atoms with Crippen LogP contribution in [0.1, 0.15) is 18.6 Å². The first-order valence-electron chi connectivity index (χ1n) is 5.88. The standard InChI is InChI=1S/C13H20N2O/c1-11(16)12-3-5-13(6-4-12)15-9-7-14(2)8-10-15/h3-6,11,16H,7-10H2,1-2H3/t11-/m0/s1. The van der Waals surface area contributed by atoms with Gasteiger partial charge in [-0.25, -0.2) is 0 Å². The molecule has 3 nitrogen and oxygen atoms in total. The maximum atomic E-state index is 9.44. The van der Waals surface area contributed by atoms with Crippen molar-refractivity contribution in [3.8, 4) is 0 Å². The Kier molecular flexibility index (Phi) is 3.46. The van der Waals surface area contributed by atoms with E-state index < -0.39 is 0 Å². The van der Waals surface area contributed by atoms with Gasteiger partial charge in [-0.15, -0.1) is 0 Å². The van der Waals surface area contributed by atoms with Gasteiger partial charge in [-0.3, -0.25) is 0 Å². The average molecular weight is 220 g/mol. The molecule has 3 heteroatoms. The summed E-state index contributed by atoms with van der Waals surface area (Å²) < 4.78 is 0. The molecule has 0 unspecified atom stereocenters. The van der Waals surface area contributed by atoms with Crippen molar-refractivity contribution in [2.45, 2.75) is 13.0 Å². The van der Waals surface area contributed by atoms with Crippen LogP contribution in [-0.4, -0.2) is 43.2 Å². The summed E-state index contributed by atoms with van der Waals surface area (Å²) in [5.74, 6) is 0. The van der Waals surface area contributed by atoms with E-state index in [1.165, 1.54) is 5.69 Å². The molecule has 0 bridgehead atoms. The van der Waals surface area contributed by atoms with Gasteiger partial charge in [0.2, 0.25) is 0 Å². The number of hydrogen-bond donors (Lipinski definition) is 1. The summed E-state index contributed by atoms with van der Waals surface area (Å²) in [6, 6.07) is 8.23. The molecule has 2 rings (SSSR count). The molecule has 1 saturated heterocycles. The van der Waals surface area contributed by atoms with Crippen molar-refractivity contribution in [2.24, 2.45) is 0 Å². The third-order valence-electron chi connectivity index (χ3n) is 3.24. The molecule has 1 N–H and O–H groups in total. The molecule has 0 radical (unpaired) electrons. The van der Waals surface area contributed by atoms with Gasteiger partial charge >= 0.3 is 0 Å². The van der Waals surface area contributed by atoms with Crippen LogP contribution < -0.4 is 4.90 Å². The number of likely N-dealkylation sites (N-methyl/N-ethyl adjacent to an activating group) is 1. The highest BCUT2D eigenvalue weighted by Crippen LogP contribution is 2.19. The van der Waals surface area contributed by atoms with Gasteiger partial charge in [0, 0.05) is 31.9 Å². The minimum Gasteiger partial charge on any atom is -0.389 e. The zero-order valence-electron chi connectivity index (χ0n) is 10.1. The molecule has 16 heavy (non-hydrogen) atoms. The van der Waals surface area contributed by atoms with Crippen LogP contribution in [0, 0.1) is 0 Å². The topological polar surface area (TPSA) is 26.7 Å². The van der Waals surface area contributed by atoms with Crippen molar-refractivity contribution in [3.05, 3.63) is 29.8 Å². The van der Waals surface area contributed by atoms with Gasteiger partial charge in [0.25, 0.3) is 0 Å². The van der Waals surface area contributed by atoms with E-state index in [9.17, 15) is 5.11 Å². The maximum Gasteiger partial charge on any atom is 0.0761 e. The van der Waals surface area contributed by atoms with E-state index in [0.29, 0.717) is 0 Å². The molecule has 1 aromatic rings. The summed E-state index contributed by atoms with van der Waals surface area (Å²) in [5, 5.41) is 9.44. The normalized spacial score (nSPS) is 19.8. The Morgan fingerprint density at radius 2 is 1.62 bits per heavy atom. The molecule has 1 fully saturated rings. The monoisotopic (exact) mass is 220 g/mol. The van der Waals surface area contributed by atoms with E-state index in [4.69, 9.17) is 0 Å². The van der Waals surface area contributed by atoms with Crippen LogP contribution in [0.3, 0.4) is 0 Å². The van der Waals surface area contributed by atoms with Crippen LogP contribution in [0.15, 0.2) is 24.3 Å². The van der Waals surface area contributed by atoms with Crippen molar-refractivity contribution < 1.29 is 5.11 Å². The molecule has 1 atom stereocenters. The number of rotatable bonds is 2. The van der Waals surface area contributed by atoms with Gasteiger partial charge in [0.1, 0.15) is 0 Å². The third-order valence-corrected chi connectivity index (χ3v) is 3.24. The second-order valence-corrected chi connectivity index (χ2v) is 4.56. The molecule has 88 valence electrons. The van der Waals surface area contributed by atoms with Crippen LogP contribution >= 0.6 is 0 Å². The maximum absolute atomic E-state index is 9.44. The van der Waals surface area contributed by atoms with E-state index in [0.717, 1.165) is 31.7 Å². The van der Waals surface area contributed by atoms with Crippen LogP contribution in [-0.2, 0) is 0 Å². The summed E-state index contributed by atoms with van der Waals surface area (Å²) in [6.07, 6.45) is -0.374. The Morgan fingerprint density at radius 3 is 2.12 bits per heavy atom. The Hall–Kier alpha value is -1.06. The van der Waals surface area contributed by atoms with Gasteiger partial charge in [-0.05, 0) is 31.7 Å². The van der Waals surface area contributed by atoms with E-state index in [2.05, 4.69) is 29.0 Å². The lowest BCUT2D eigenvalue weighted by Gasteiger charge is -2.34. The number of piperazine rings is 1. The highest BCUT2D eigenvalue weighted by molar-refractivity contribution is 5.48. The minimum absolute atomic E-state index is 0.374. The van der Waals surface area contributed by atoms with Gasteiger partial charge in [0.05, 0.1) is 6.10 Å². The summed E-state index contributed by atoms with van der Waals surface area (Å²) in [7, 11) is 2.16. The molecular formula is C13H20N2O. The van der Waals surface area contributed by atoms with Crippen molar-refractivity contribution in [3.63, 3.8) is 0 Å². The Balaban J connectivity index is 2.04. The third kappa shape index (κ3) is 2.54. The highest BCUT2D eigenvalue weighted by Gasteiger charge is 2.14. The predicted octanol–water partition coefficient (Wildman–Crippen LogP) is 1.49. The number of aliphatic hydroxyl groups is 1. The van der Waals surface area contributed by atoms with E-state index >= 15 is 0 Å². The smallest absolute Gasteiger partial charge is 0.0761 e. The largest absolute Gasteiger partial charge is 0.389 e. The second kappa shape index (κ2) is 4.85. The number of hydrogen-bond acceptors (Lipinski definition) is 3. The zero-order chi connectivity index (χ0) is 11.5. The van der Waals surface area contributed by atoms with E-state index in [1.807, 2.05) is 12.1 Å². The van der Waals surface area contributed by atoms with Crippen LogP contribution in [0.25, 0.3) is 0 Å². The minimum atomic E-state index is -0.374. The van der Waals surface area contributed by atoms with E-state index in [-0.39, 0.29) is 6.10 Å². The summed E-state index contributed by atoms with van der Waals surface area (Å²) in [6.45, 7) is 6.22. The number of aliphatic hydroxyl groups excluding tert-OH is 1.